The molecule has 24 heavy (non-hydrogen) atoms. The van der Waals surface area contributed by atoms with Crippen LogP contribution in [0.1, 0.15) is 19.8 Å². The Morgan fingerprint density at radius 3 is 2.04 bits per heavy atom. The van der Waals surface area contributed by atoms with Crippen LogP contribution in [0.15, 0.2) is 0 Å². The fraction of sp³-hybridized carbons (Fsp3) is 0.824. The Labute approximate surface area is 145 Å². The standard InChI is InChI=1S/C17H32N2O5/c1-3-9-21-11-13-23-15-16-24-14-12-22-10-6-17(20)19(4-2)8-5-7-18/h1H,4-16,18H2,2H3. The number of nitrogens with two attached hydrogens (primary N) is 1. The van der Waals surface area contributed by atoms with E-state index in [1.165, 1.54) is 0 Å². The molecule has 0 rings (SSSR count). The normalized spacial score (nSPS) is 10.5. The zero-order valence-corrected chi connectivity index (χ0v) is 14.8. The molecule has 2 N–H and O–H groups in total. The minimum atomic E-state index is 0.104. The quantitative estimate of drug-likeness (QED) is 0.301. The van der Waals surface area contributed by atoms with E-state index in [4.69, 9.17) is 31.1 Å². The largest absolute Gasteiger partial charge is 0.379 e. The summed E-state index contributed by atoms with van der Waals surface area (Å²) in [5.41, 5.74) is 5.46. The number of carbonyl (C=O) groups is 1. The van der Waals surface area contributed by atoms with E-state index < -0.39 is 0 Å². The minimum Gasteiger partial charge on any atom is -0.379 e. The molecule has 7 heteroatoms. The van der Waals surface area contributed by atoms with Gasteiger partial charge in [-0.05, 0) is 19.9 Å². The van der Waals surface area contributed by atoms with Gasteiger partial charge in [0.1, 0.15) is 6.61 Å². The topological polar surface area (TPSA) is 83.2 Å². The smallest absolute Gasteiger partial charge is 0.224 e. The highest BCUT2D eigenvalue weighted by molar-refractivity contribution is 5.76. The zero-order valence-electron chi connectivity index (χ0n) is 14.8. The van der Waals surface area contributed by atoms with Crippen molar-refractivity contribution in [2.45, 2.75) is 19.8 Å². The fourth-order valence-electron chi connectivity index (χ4n) is 1.85. The SMILES string of the molecule is C#CCOCCOCCOCCOCCC(=O)N(CC)CCCN. The average Bonchev–Trinajstić information content (AvgIpc) is 2.59. The summed E-state index contributed by atoms with van der Waals surface area (Å²) in [7, 11) is 0. The molecular formula is C17H32N2O5. The van der Waals surface area contributed by atoms with Crippen molar-refractivity contribution in [2.24, 2.45) is 5.73 Å². The van der Waals surface area contributed by atoms with E-state index in [0.717, 1.165) is 6.42 Å². The van der Waals surface area contributed by atoms with Crippen molar-refractivity contribution in [1.82, 2.24) is 4.90 Å². The van der Waals surface area contributed by atoms with Gasteiger partial charge in [-0.1, -0.05) is 5.92 Å². The molecule has 0 fully saturated rings. The molecule has 1 amide bonds. The number of hydrogen-bond donors (Lipinski definition) is 1. The van der Waals surface area contributed by atoms with Crippen LogP contribution < -0.4 is 5.73 Å². The van der Waals surface area contributed by atoms with Crippen molar-refractivity contribution in [3.8, 4) is 12.3 Å². The third-order valence-electron chi connectivity index (χ3n) is 3.13. The van der Waals surface area contributed by atoms with Gasteiger partial charge in [-0.2, -0.15) is 0 Å². The van der Waals surface area contributed by atoms with Crippen molar-refractivity contribution >= 4 is 5.91 Å². The maximum atomic E-state index is 11.9. The molecule has 0 spiro atoms. The molecular weight excluding hydrogens is 312 g/mol. The lowest BCUT2D eigenvalue weighted by atomic mass is 10.3. The molecule has 0 bridgehead atoms. The molecule has 0 aliphatic heterocycles. The molecule has 0 aromatic heterocycles. The van der Waals surface area contributed by atoms with Crippen molar-refractivity contribution in [3.05, 3.63) is 0 Å². The van der Waals surface area contributed by atoms with E-state index in [-0.39, 0.29) is 5.91 Å². The highest BCUT2D eigenvalue weighted by Crippen LogP contribution is 1.97. The van der Waals surface area contributed by atoms with Crippen LogP contribution in [0.3, 0.4) is 0 Å². The number of terminal acetylenes is 1. The lowest BCUT2D eigenvalue weighted by molar-refractivity contribution is -0.132. The first-order valence-electron chi connectivity index (χ1n) is 8.48. The molecule has 0 aliphatic rings. The lowest BCUT2D eigenvalue weighted by Gasteiger charge is -2.20. The minimum absolute atomic E-state index is 0.104. The van der Waals surface area contributed by atoms with E-state index in [1.807, 2.05) is 6.92 Å². The van der Waals surface area contributed by atoms with Crippen LogP contribution in [-0.4, -0.2) is 83.3 Å². The molecule has 0 saturated heterocycles. The van der Waals surface area contributed by atoms with E-state index in [1.54, 1.807) is 4.90 Å². The Morgan fingerprint density at radius 2 is 1.54 bits per heavy atom. The molecule has 0 aromatic carbocycles. The molecule has 0 heterocycles. The summed E-state index contributed by atoms with van der Waals surface area (Å²) in [5, 5.41) is 0. The summed E-state index contributed by atoms with van der Waals surface area (Å²) in [6, 6.07) is 0. The fourth-order valence-corrected chi connectivity index (χ4v) is 1.85. The molecule has 0 aromatic rings. The first-order chi connectivity index (χ1) is 11.8. The van der Waals surface area contributed by atoms with Crippen LogP contribution in [0.5, 0.6) is 0 Å². The number of carbonyl (C=O) groups excluding carboxylic acids is 1. The second kappa shape index (κ2) is 18.2. The number of nitrogens with zero attached hydrogens (tertiary/aromatic N) is 1. The van der Waals surface area contributed by atoms with Crippen LogP contribution >= 0.6 is 0 Å². The van der Waals surface area contributed by atoms with Gasteiger partial charge in [-0.3, -0.25) is 4.79 Å². The van der Waals surface area contributed by atoms with Crippen molar-refractivity contribution in [2.75, 3.05) is 72.5 Å². The predicted molar refractivity (Wildman–Crippen MR) is 92.7 cm³/mol. The Bertz CT molecular complexity index is 333. The zero-order chi connectivity index (χ0) is 17.9. The van der Waals surface area contributed by atoms with E-state index in [9.17, 15) is 4.79 Å². The van der Waals surface area contributed by atoms with Crippen molar-refractivity contribution < 1.29 is 23.7 Å². The summed E-state index contributed by atoms with van der Waals surface area (Å²) in [5.74, 6) is 2.49. The maximum absolute atomic E-state index is 11.9. The van der Waals surface area contributed by atoms with Gasteiger partial charge in [0.25, 0.3) is 0 Å². The predicted octanol–water partition coefficient (Wildman–Crippen LogP) is 0.273. The first-order valence-corrected chi connectivity index (χ1v) is 8.48. The average molecular weight is 344 g/mol. The summed E-state index contributed by atoms with van der Waals surface area (Å²) in [6.07, 6.45) is 6.26. The molecule has 140 valence electrons. The third-order valence-corrected chi connectivity index (χ3v) is 3.13. The molecule has 7 nitrogen and oxygen atoms in total. The Balaban J connectivity index is 3.32. The highest BCUT2D eigenvalue weighted by atomic mass is 16.6. The number of hydrogen-bond acceptors (Lipinski definition) is 6. The second-order valence-electron chi connectivity index (χ2n) is 4.96. The molecule has 0 atom stereocenters. The summed E-state index contributed by atoms with van der Waals surface area (Å²) in [6.45, 7) is 7.63. The second-order valence-corrected chi connectivity index (χ2v) is 4.96. The third kappa shape index (κ3) is 14.4. The van der Waals surface area contributed by atoms with E-state index >= 15 is 0 Å². The van der Waals surface area contributed by atoms with Gasteiger partial charge in [-0.25, -0.2) is 0 Å². The van der Waals surface area contributed by atoms with E-state index in [2.05, 4.69) is 5.92 Å². The number of ether oxygens (including phenoxy) is 4. The first kappa shape index (κ1) is 22.8. The Hall–Kier alpha value is -1.17. The molecule has 0 saturated carbocycles. The van der Waals surface area contributed by atoms with Crippen molar-refractivity contribution in [3.63, 3.8) is 0 Å². The van der Waals surface area contributed by atoms with Crippen molar-refractivity contribution in [1.29, 1.82) is 0 Å². The maximum Gasteiger partial charge on any atom is 0.224 e. The van der Waals surface area contributed by atoms with Gasteiger partial charge < -0.3 is 29.6 Å². The van der Waals surface area contributed by atoms with Gasteiger partial charge in [0, 0.05) is 13.1 Å². The van der Waals surface area contributed by atoms with Gasteiger partial charge in [0.05, 0.1) is 52.7 Å². The van der Waals surface area contributed by atoms with Crippen LogP contribution in [0, 0.1) is 12.3 Å². The number of rotatable bonds is 17. The molecule has 0 aliphatic carbocycles. The Kier molecular flexibility index (Phi) is 17.3. The van der Waals surface area contributed by atoms with Gasteiger partial charge in [-0.15, -0.1) is 6.42 Å². The molecule has 0 radical (unpaired) electrons. The molecule has 0 unspecified atom stereocenters. The van der Waals surface area contributed by atoms with Crippen LogP contribution in [-0.2, 0) is 23.7 Å². The van der Waals surface area contributed by atoms with Crippen LogP contribution in [0.4, 0.5) is 0 Å². The van der Waals surface area contributed by atoms with Gasteiger partial charge in [0.2, 0.25) is 5.91 Å². The monoisotopic (exact) mass is 344 g/mol. The Morgan fingerprint density at radius 1 is 1.00 bits per heavy atom. The van der Waals surface area contributed by atoms with Gasteiger partial charge >= 0.3 is 0 Å². The lowest BCUT2D eigenvalue weighted by Crippen LogP contribution is -2.33. The summed E-state index contributed by atoms with van der Waals surface area (Å²) < 4.78 is 21.1. The van der Waals surface area contributed by atoms with Crippen LogP contribution in [0.25, 0.3) is 0 Å². The van der Waals surface area contributed by atoms with E-state index in [0.29, 0.717) is 78.9 Å². The highest BCUT2D eigenvalue weighted by Gasteiger charge is 2.10. The van der Waals surface area contributed by atoms with Gasteiger partial charge in [0.15, 0.2) is 0 Å². The summed E-state index contributed by atoms with van der Waals surface area (Å²) in [4.78, 5) is 13.7. The van der Waals surface area contributed by atoms with Crippen LogP contribution in [0.2, 0.25) is 0 Å². The number of amides is 1. The summed E-state index contributed by atoms with van der Waals surface area (Å²) >= 11 is 0.